The van der Waals surface area contributed by atoms with Crippen LogP contribution in [0, 0.1) is 24.0 Å². The minimum absolute atomic E-state index is 0.0479. The zero-order chi connectivity index (χ0) is 20.3. The van der Waals surface area contributed by atoms with E-state index in [1.807, 2.05) is 6.92 Å². The van der Waals surface area contributed by atoms with Gasteiger partial charge in [0.2, 0.25) is 0 Å². The molecule has 0 spiro atoms. The van der Waals surface area contributed by atoms with E-state index >= 15 is 0 Å². The van der Waals surface area contributed by atoms with Gasteiger partial charge in [0.15, 0.2) is 5.13 Å². The van der Waals surface area contributed by atoms with E-state index in [1.165, 1.54) is 35.6 Å². The first kappa shape index (κ1) is 19.7. The lowest BCUT2D eigenvalue weighted by atomic mass is 10.0. The fourth-order valence-corrected chi connectivity index (χ4v) is 3.98. The monoisotopic (exact) mass is 395 g/mol. The van der Waals surface area contributed by atoms with Crippen LogP contribution < -0.4 is 5.32 Å². The Hall–Kier alpha value is -3.06. The SMILES string of the molecule is CCCc1sc(NC(=O)c2ccc([N+](=O)[O-])cc2)nc1-c1cc(C)ccc1C. The molecule has 28 heavy (non-hydrogen) atoms. The van der Waals surface area contributed by atoms with Gasteiger partial charge in [-0.15, -0.1) is 11.3 Å². The van der Waals surface area contributed by atoms with Crippen molar-refractivity contribution in [3.8, 4) is 11.3 Å². The lowest BCUT2D eigenvalue weighted by Crippen LogP contribution is -2.11. The van der Waals surface area contributed by atoms with Gasteiger partial charge in [0.05, 0.1) is 10.6 Å². The first-order chi connectivity index (χ1) is 13.4. The fraction of sp³-hybridized carbons (Fsp3) is 0.238. The quantitative estimate of drug-likeness (QED) is 0.439. The van der Waals surface area contributed by atoms with Crippen molar-refractivity contribution in [2.75, 3.05) is 5.32 Å². The van der Waals surface area contributed by atoms with Gasteiger partial charge in [-0.1, -0.05) is 31.0 Å². The van der Waals surface area contributed by atoms with Gasteiger partial charge in [0.25, 0.3) is 11.6 Å². The molecule has 3 aromatic rings. The van der Waals surface area contributed by atoms with Crippen LogP contribution in [0.1, 0.15) is 39.7 Å². The normalized spacial score (nSPS) is 10.7. The predicted octanol–water partition coefficient (Wildman–Crippen LogP) is 5.54. The molecule has 0 fully saturated rings. The van der Waals surface area contributed by atoms with Crippen molar-refractivity contribution in [2.45, 2.75) is 33.6 Å². The van der Waals surface area contributed by atoms with E-state index in [2.05, 4.69) is 37.4 Å². The molecule has 1 N–H and O–H groups in total. The molecule has 6 nitrogen and oxygen atoms in total. The highest BCUT2D eigenvalue weighted by molar-refractivity contribution is 7.16. The highest BCUT2D eigenvalue weighted by Gasteiger charge is 2.17. The van der Waals surface area contributed by atoms with Gasteiger partial charge in [-0.25, -0.2) is 4.98 Å². The minimum atomic E-state index is -0.490. The highest BCUT2D eigenvalue weighted by atomic mass is 32.1. The van der Waals surface area contributed by atoms with E-state index in [-0.39, 0.29) is 11.6 Å². The Morgan fingerprint density at radius 1 is 1.18 bits per heavy atom. The number of nitro benzene ring substituents is 1. The number of thiazole rings is 1. The third-order valence-electron chi connectivity index (χ3n) is 4.38. The summed E-state index contributed by atoms with van der Waals surface area (Å²) in [6.07, 6.45) is 1.86. The fourth-order valence-electron chi connectivity index (χ4n) is 2.91. The van der Waals surface area contributed by atoms with Crippen LogP contribution in [-0.2, 0) is 6.42 Å². The summed E-state index contributed by atoms with van der Waals surface area (Å²) in [5.74, 6) is -0.334. The van der Waals surface area contributed by atoms with Gasteiger partial charge < -0.3 is 0 Å². The Morgan fingerprint density at radius 3 is 2.54 bits per heavy atom. The molecule has 0 saturated carbocycles. The zero-order valence-electron chi connectivity index (χ0n) is 16.0. The summed E-state index contributed by atoms with van der Waals surface area (Å²) >= 11 is 1.47. The number of nitrogens with zero attached hydrogens (tertiary/aromatic N) is 2. The molecule has 0 aliphatic carbocycles. The minimum Gasteiger partial charge on any atom is -0.298 e. The molecule has 0 atom stereocenters. The number of hydrogen-bond acceptors (Lipinski definition) is 5. The Kier molecular flexibility index (Phi) is 5.84. The summed E-state index contributed by atoms with van der Waals surface area (Å²) in [5, 5.41) is 14.1. The lowest BCUT2D eigenvalue weighted by Gasteiger charge is -2.06. The van der Waals surface area contributed by atoms with Crippen molar-refractivity contribution in [2.24, 2.45) is 0 Å². The summed E-state index contributed by atoms with van der Waals surface area (Å²) in [4.78, 5) is 28.6. The number of anilines is 1. The van der Waals surface area contributed by atoms with Crippen LogP contribution in [0.5, 0.6) is 0 Å². The predicted molar refractivity (Wildman–Crippen MR) is 112 cm³/mol. The van der Waals surface area contributed by atoms with Crippen LogP contribution in [0.3, 0.4) is 0 Å². The zero-order valence-corrected chi connectivity index (χ0v) is 16.8. The molecule has 0 saturated heterocycles. The van der Waals surface area contributed by atoms with Crippen LogP contribution in [0.2, 0.25) is 0 Å². The Labute approximate surface area is 167 Å². The van der Waals surface area contributed by atoms with Gasteiger partial charge in [-0.05, 0) is 44.0 Å². The average Bonchev–Trinajstić information content (AvgIpc) is 3.06. The van der Waals surface area contributed by atoms with Gasteiger partial charge in [0.1, 0.15) is 0 Å². The Morgan fingerprint density at radius 2 is 1.89 bits per heavy atom. The molecule has 0 radical (unpaired) electrons. The van der Waals surface area contributed by atoms with Crippen LogP contribution in [0.4, 0.5) is 10.8 Å². The largest absolute Gasteiger partial charge is 0.298 e. The van der Waals surface area contributed by atoms with Crippen LogP contribution in [-0.4, -0.2) is 15.8 Å². The standard InChI is InChI=1S/C21H21N3O3S/c1-4-5-18-19(17-12-13(2)6-7-14(17)3)22-21(28-18)23-20(25)15-8-10-16(11-9-15)24(26)27/h6-12H,4-5H2,1-3H3,(H,22,23,25). The average molecular weight is 395 g/mol. The number of benzene rings is 2. The third kappa shape index (κ3) is 4.26. The van der Waals surface area contributed by atoms with Crippen molar-refractivity contribution in [1.29, 1.82) is 0 Å². The van der Waals surface area contributed by atoms with Gasteiger partial charge in [-0.2, -0.15) is 0 Å². The first-order valence-electron chi connectivity index (χ1n) is 9.02. The smallest absolute Gasteiger partial charge is 0.269 e. The van der Waals surface area contributed by atoms with Crippen molar-refractivity contribution < 1.29 is 9.72 Å². The number of aryl methyl sites for hydroxylation is 3. The molecule has 0 aliphatic heterocycles. The van der Waals surface area contributed by atoms with Gasteiger partial charge >= 0.3 is 0 Å². The van der Waals surface area contributed by atoms with Crippen molar-refractivity contribution in [3.63, 3.8) is 0 Å². The second-order valence-corrected chi connectivity index (χ2v) is 7.70. The maximum atomic E-state index is 12.5. The second kappa shape index (κ2) is 8.31. The second-order valence-electron chi connectivity index (χ2n) is 6.62. The van der Waals surface area contributed by atoms with E-state index in [9.17, 15) is 14.9 Å². The summed E-state index contributed by atoms with van der Waals surface area (Å²) in [7, 11) is 0. The lowest BCUT2D eigenvalue weighted by molar-refractivity contribution is -0.384. The number of nitrogens with one attached hydrogen (secondary N) is 1. The van der Waals surface area contributed by atoms with E-state index in [0.717, 1.165) is 40.1 Å². The maximum absolute atomic E-state index is 12.5. The van der Waals surface area contributed by atoms with E-state index < -0.39 is 4.92 Å². The number of rotatable bonds is 6. The van der Waals surface area contributed by atoms with E-state index in [1.54, 1.807) is 0 Å². The first-order valence-corrected chi connectivity index (χ1v) is 9.83. The number of non-ortho nitro benzene ring substituents is 1. The number of amides is 1. The Bertz CT molecular complexity index is 1030. The van der Waals surface area contributed by atoms with Crippen molar-refractivity contribution >= 4 is 28.1 Å². The number of carbonyl (C=O) groups excluding carboxylic acids is 1. The number of aromatic nitrogens is 1. The molecule has 7 heteroatoms. The Balaban J connectivity index is 1.89. The third-order valence-corrected chi connectivity index (χ3v) is 5.41. The summed E-state index contributed by atoms with van der Waals surface area (Å²) < 4.78 is 0. The van der Waals surface area contributed by atoms with E-state index in [4.69, 9.17) is 4.98 Å². The van der Waals surface area contributed by atoms with Gasteiger partial charge in [-0.3, -0.25) is 20.2 Å². The molecule has 1 aromatic heterocycles. The highest BCUT2D eigenvalue weighted by Crippen LogP contribution is 2.34. The molecular formula is C21H21N3O3S. The molecule has 3 rings (SSSR count). The van der Waals surface area contributed by atoms with Crippen LogP contribution >= 0.6 is 11.3 Å². The van der Waals surface area contributed by atoms with Crippen molar-refractivity contribution in [3.05, 3.63) is 74.1 Å². The van der Waals surface area contributed by atoms with E-state index in [0.29, 0.717) is 10.7 Å². The summed E-state index contributed by atoms with van der Waals surface area (Å²) in [6.45, 7) is 6.22. The van der Waals surface area contributed by atoms with Crippen LogP contribution in [0.15, 0.2) is 42.5 Å². The number of hydrogen-bond donors (Lipinski definition) is 1. The molecule has 2 aromatic carbocycles. The molecule has 0 aliphatic rings. The summed E-state index contributed by atoms with van der Waals surface area (Å²) in [5.41, 5.74) is 4.59. The topological polar surface area (TPSA) is 85.1 Å². The number of nitro groups is 1. The number of carbonyl (C=O) groups is 1. The maximum Gasteiger partial charge on any atom is 0.269 e. The molecule has 1 amide bonds. The van der Waals surface area contributed by atoms with Crippen LogP contribution in [0.25, 0.3) is 11.3 Å². The molecule has 0 bridgehead atoms. The van der Waals surface area contributed by atoms with Crippen molar-refractivity contribution in [1.82, 2.24) is 4.98 Å². The summed E-state index contributed by atoms with van der Waals surface area (Å²) in [6, 6.07) is 11.8. The molecule has 0 unspecified atom stereocenters. The molecular weight excluding hydrogens is 374 g/mol. The molecule has 1 heterocycles. The molecule has 144 valence electrons. The van der Waals surface area contributed by atoms with Gasteiger partial charge in [0, 0.05) is 28.1 Å².